The minimum Gasteiger partial charge on any atom is -0.486 e. The van der Waals surface area contributed by atoms with Crippen LogP contribution in [0.15, 0.2) is 16.6 Å². The predicted octanol–water partition coefficient (Wildman–Crippen LogP) is 3.05. The van der Waals surface area contributed by atoms with Gasteiger partial charge in [-0.05, 0) is 50.3 Å². The summed E-state index contributed by atoms with van der Waals surface area (Å²) in [7, 11) is 0. The summed E-state index contributed by atoms with van der Waals surface area (Å²) < 4.78 is 12.1. The fraction of sp³-hybridized carbons (Fsp3) is 0.600. The van der Waals surface area contributed by atoms with Crippen molar-refractivity contribution in [3.05, 3.63) is 22.2 Å². The number of piperidine rings is 1. The molecule has 4 rings (SSSR count). The molecule has 6 nitrogen and oxygen atoms in total. The topological polar surface area (TPSA) is 67.9 Å². The lowest BCUT2D eigenvalue weighted by molar-refractivity contribution is -0.137. The van der Waals surface area contributed by atoms with E-state index in [4.69, 9.17) is 9.47 Å². The van der Waals surface area contributed by atoms with Gasteiger partial charge in [0, 0.05) is 23.5 Å². The van der Waals surface area contributed by atoms with Gasteiger partial charge in [0.2, 0.25) is 11.8 Å². The lowest BCUT2D eigenvalue weighted by Gasteiger charge is -2.33. The van der Waals surface area contributed by atoms with Gasteiger partial charge in [0.15, 0.2) is 11.5 Å². The monoisotopic (exact) mass is 436 g/mol. The molecule has 7 heteroatoms. The molecule has 1 aliphatic carbocycles. The van der Waals surface area contributed by atoms with E-state index in [0.717, 1.165) is 48.0 Å². The van der Waals surface area contributed by atoms with E-state index in [1.165, 1.54) is 0 Å². The average Bonchev–Trinajstić information content (AvgIpc) is 3.52. The van der Waals surface area contributed by atoms with Crippen molar-refractivity contribution in [1.82, 2.24) is 10.2 Å². The Morgan fingerprint density at radius 2 is 1.85 bits per heavy atom. The van der Waals surface area contributed by atoms with Crippen LogP contribution in [0.4, 0.5) is 0 Å². The van der Waals surface area contributed by atoms with Gasteiger partial charge in [0.25, 0.3) is 0 Å². The van der Waals surface area contributed by atoms with E-state index in [9.17, 15) is 9.59 Å². The molecule has 0 bridgehead atoms. The minimum absolute atomic E-state index is 0.0117. The van der Waals surface area contributed by atoms with E-state index >= 15 is 0 Å². The molecular weight excluding hydrogens is 412 g/mol. The Bertz CT molecular complexity index is 750. The molecule has 27 heavy (non-hydrogen) atoms. The zero-order valence-corrected chi connectivity index (χ0v) is 17.1. The van der Waals surface area contributed by atoms with Crippen LogP contribution >= 0.6 is 15.9 Å². The highest BCUT2D eigenvalue weighted by atomic mass is 79.9. The van der Waals surface area contributed by atoms with Gasteiger partial charge in [-0.15, -0.1) is 0 Å². The smallest absolute Gasteiger partial charge is 0.225 e. The fourth-order valence-corrected chi connectivity index (χ4v) is 4.47. The summed E-state index contributed by atoms with van der Waals surface area (Å²) in [5, 5.41) is 3.11. The average molecular weight is 437 g/mol. The second-order valence-electron chi connectivity index (χ2n) is 7.65. The van der Waals surface area contributed by atoms with Gasteiger partial charge in [0.1, 0.15) is 13.2 Å². The van der Waals surface area contributed by atoms with Gasteiger partial charge >= 0.3 is 0 Å². The molecule has 146 valence electrons. The van der Waals surface area contributed by atoms with Crippen molar-refractivity contribution in [2.45, 2.75) is 38.6 Å². The predicted molar refractivity (Wildman–Crippen MR) is 104 cm³/mol. The molecule has 2 heterocycles. The van der Waals surface area contributed by atoms with Crippen molar-refractivity contribution in [2.24, 2.45) is 11.8 Å². The lowest BCUT2D eigenvalue weighted by Crippen LogP contribution is -2.46. The molecular formula is C20H25BrN2O4. The summed E-state index contributed by atoms with van der Waals surface area (Å²) in [5.41, 5.74) is 0.953. The SMILES string of the molecule is CC(NC(=O)C1CCCN(C(=O)C2CC2)C1)c1cc2c(cc1Br)OCCO2. The molecule has 1 aromatic carbocycles. The number of ether oxygens (including phenoxy) is 2. The number of nitrogens with zero attached hydrogens (tertiary/aromatic N) is 1. The third-order valence-electron chi connectivity index (χ3n) is 5.52. The number of carbonyl (C=O) groups is 2. The number of rotatable bonds is 4. The van der Waals surface area contributed by atoms with E-state index in [1.807, 2.05) is 24.0 Å². The van der Waals surface area contributed by atoms with Crippen molar-refractivity contribution in [2.75, 3.05) is 26.3 Å². The lowest BCUT2D eigenvalue weighted by atomic mass is 9.96. The number of benzene rings is 1. The zero-order chi connectivity index (χ0) is 19.0. The van der Waals surface area contributed by atoms with E-state index in [0.29, 0.717) is 25.5 Å². The van der Waals surface area contributed by atoms with E-state index in [-0.39, 0.29) is 29.7 Å². The Balaban J connectivity index is 1.40. The first-order valence-electron chi connectivity index (χ1n) is 9.71. The molecule has 2 amide bonds. The van der Waals surface area contributed by atoms with E-state index in [1.54, 1.807) is 0 Å². The molecule has 2 aliphatic heterocycles. The number of fused-ring (bicyclic) bond motifs is 1. The first kappa shape index (κ1) is 18.6. The van der Waals surface area contributed by atoms with E-state index in [2.05, 4.69) is 21.2 Å². The number of hydrogen-bond donors (Lipinski definition) is 1. The van der Waals surface area contributed by atoms with Crippen molar-refractivity contribution >= 4 is 27.7 Å². The largest absolute Gasteiger partial charge is 0.486 e. The molecule has 1 N–H and O–H groups in total. The number of halogens is 1. The first-order valence-corrected chi connectivity index (χ1v) is 10.5. The summed E-state index contributed by atoms with van der Waals surface area (Å²) in [6.45, 7) is 4.35. The maximum Gasteiger partial charge on any atom is 0.225 e. The first-order chi connectivity index (χ1) is 13.0. The molecule has 0 radical (unpaired) electrons. The molecule has 2 atom stereocenters. The molecule has 3 aliphatic rings. The fourth-order valence-electron chi connectivity index (χ4n) is 3.80. The Labute approximate surface area is 167 Å². The second-order valence-corrected chi connectivity index (χ2v) is 8.50. The van der Waals surface area contributed by atoms with Gasteiger partial charge in [-0.2, -0.15) is 0 Å². The number of likely N-dealkylation sites (tertiary alicyclic amines) is 1. The highest BCUT2D eigenvalue weighted by Crippen LogP contribution is 2.38. The van der Waals surface area contributed by atoms with E-state index < -0.39 is 0 Å². The molecule has 1 saturated heterocycles. The van der Waals surface area contributed by atoms with Crippen LogP contribution in [0.5, 0.6) is 11.5 Å². The summed E-state index contributed by atoms with van der Waals surface area (Å²) in [5.74, 6) is 1.74. The Hall–Kier alpha value is -1.76. The summed E-state index contributed by atoms with van der Waals surface area (Å²) in [6, 6.07) is 3.65. The Kier molecular flexibility index (Phi) is 5.30. The number of hydrogen-bond acceptors (Lipinski definition) is 4. The van der Waals surface area contributed by atoms with Crippen LogP contribution in [0.3, 0.4) is 0 Å². The number of amides is 2. The molecule has 2 fully saturated rings. The highest BCUT2D eigenvalue weighted by molar-refractivity contribution is 9.10. The van der Waals surface area contributed by atoms with Crippen LogP contribution in [0.2, 0.25) is 0 Å². The Morgan fingerprint density at radius 1 is 1.15 bits per heavy atom. The normalized spacial score (nSPS) is 22.9. The molecule has 0 spiro atoms. The molecule has 0 aromatic heterocycles. The van der Waals surface area contributed by atoms with Crippen LogP contribution in [0, 0.1) is 11.8 Å². The molecule has 1 saturated carbocycles. The third-order valence-corrected chi connectivity index (χ3v) is 6.20. The Morgan fingerprint density at radius 3 is 2.56 bits per heavy atom. The summed E-state index contributed by atoms with van der Waals surface area (Å²) in [4.78, 5) is 27.0. The maximum atomic E-state index is 12.8. The second kappa shape index (κ2) is 7.70. The number of nitrogens with one attached hydrogen (secondary N) is 1. The van der Waals surface area contributed by atoms with Crippen LogP contribution in [-0.2, 0) is 9.59 Å². The van der Waals surface area contributed by atoms with Gasteiger partial charge < -0.3 is 19.7 Å². The van der Waals surface area contributed by atoms with Crippen molar-refractivity contribution in [3.63, 3.8) is 0 Å². The van der Waals surface area contributed by atoms with Crippen LogP contribution in [0.1, 0.15) is 44.2 Å². The zero-order valence-electron chi connectivity index (χ0n) is 15.5. The van der Waals surface area contributed by atoms with Crippen LogP contribution < -0.4 is 14.8 Å². The van der Waals surface area contributed by atoms with Gasteiger partial charge in [0.05, 0.1) is 12.0 Å². The molecule has 2 unspecified atom stereocenters. The quantitative estimate of drug-likeness (QED) is 0.787. The maximum absolute atomic E-state index is 12.8. The third kappa shape index (κ3) is 4.08. The summed E-state index contributed by atoms with van der Waals surface area (Å²) >= 11 is 3.57. The molecule has 1 aromatic rings. The highest BCUT2D eigenvalue weighted by Gasteiger charge is 2.37. The van der Waals surface area contributed by atoms with Crippen molar-refractivity contribution in [1.29, 1.82) is 0 Å². The minimum atomic E-state index is -0.169. The summed E-state index contributed by atoms with van der Waals surface area (Å²) in [6.07, 6.45) is 3.72. The van der Waals surface area contributed by atoms with Crippen molar-refractivity contribution < 1.29 is 19.1 Å². The van der Waals surface area contributed by atoms with Gasteiger partial charge in [-0.1, -0.05) is 15.9 Å². The van der Waals surface area contributed by atoms with Crippen LogP contribution in [-0.4, -0.2) is 43.0 Å². The van der Waals surface area contributed by atoms with Crippen molar-refractivity contribution in [3.8, 4) is 11.5 Å². The standard InChI is InChI=1S/C20H25BrN2O4/c1-12(15-9-17-18(10-16(15)21)27-8-7-26-17)22-19(24)14-3-2-6-23(11-14)20(25)13-4-5-13/h9-10,12-14H,2-8,11H2,1H3,(H,22,24). The van der Waals surface area contributed by atoms with Crippen LogP contribution in [0.25, 0.3) is 0 Å². The number of carbonyl (C=O) groups excluding carboxylic acids is 2. The van der Waals surface area contributed by atoms with Gasteiger partial charge in [-0.3, -0.25) is 9.59 Å². The van der Waals surface area contributed by atoms with Gasteiger partial charge in [-0.25, -0.2) is 0 Å².